The predicted octanol–water partition coefficient (Wildman–Crippen LogP) is -12.5. The van der Waals surface area contributed by atoms with E-state index in [1.807, 2.05) is 0 Å². The number of carbonyl (C=O) groups excluding carboxylic acids is 19. The van der Waals surface area contributed by atoms with Gasteiger partial charge in [0.2, 0.25) is 112 Å². The van der Waals surface area contributed by atoms with E-state index in [1.54, 1.807) is 6.26 Å². The van der Waals surface area contributed by atoms with Gasteiger partial charge in [0.25, 0.3) is 0 Å². The molecule has 0 aliphatic carbocycles. The van der Waals surface area contributed by atoms with Crippen LogP contribution in [0.15, 0.2) is 24.3 Å². The number of hydrogen-bond donors (Lipinski definition) is 25. The van der Waals surface area contributed by atoms with Gasteiger partial charge in [-0.2, -0.15) is 20.2 Å². The van der Waals surface area contributed by atoms with Crippen molar-refractivity contribution in [2.45, 2.75) is 174 Å². The summed E-state index contributed by atoms with van der Waals surface area (Å²) in [4.78, 5) is 296. The first kappa shape index (κ1) is 103. The summed E-state index contributed by atoms with van der Waals surface area (Å²) >= 11 is 1.10. The minimum Gasteiger partial charge on any atom is -0.481 e. The third kappa shape index (κ3) is 34.5. The number of aliphatic hydroxyl groups excluding tert-OH is 1. The highest BCUT2D eigenvalue weighted by molar-refractivity contribution is 8.77. The molecule has 15 atom stereocenters. The Labute approximate surface area is 726 Å². The molecule has 0 unspecified atom stereocenters. The molecule has 4 aliphatic heterocycles. The fourth-order valence-corrected chi connectivity index (χ4v) is 17.9. The molecule has 0 aromatic heterocycles. The zero-order valence-corrected chi connectivity index (χ0v) is 71.0. The number of carboxylic acid groups (broad SMARTS) is 2. The van der Waals surface area contributed by atoms with E-state index >= 15 is 0 Å². The molecule has 4 fully saturated rings. The van der Waals surface area contributed by atoms with E-state index in [9.17, 15) is 129 Å². The van der Waals surface area contributed by atoms with Crippen molar-refractivity contribution in [1.82, 2.24) is 84.2 Å². The minimum atomic E-state index is -5.11. The van der Waals surface area contributed by atoms with Crippen LogP contribution in [-0.4, -0.2) is 327 Å². The summed E-state index contributed by atoms with van der Waals surface area (Å²) in [7, 11) is -2.52. The number of aliphatic hydroxyl groups is 1. The Morgan fingerprint density at radius 3 is 1.39 bits per heavy atom. The molecule has 686 valence electrons. The molecule has 4 heterocycles. The molecule has 51 nitrogen and oxygen atoms in total. The largest absolute Gasteiger partial charge is 0.481 e. The number of nitrogens with zero attached hydrogens (tertiary/aromatic N) is 2. The first-order valence-electron chi connectivity index (χ1n) is 37.7. The van der Waals surface area contributed by atoms with Gasteiger partial charge in [-0.05, 0) is 74.7 Å². The lowest BCUT2D eigenvalue weighted by Crippen LogP contribution is -2.62. The number of benzene rings is 1. The summed E-state index contributed by atoms with van der Waals surface area (Å²) in [6.45, 7) is -2.88. The number of primary amides is 4. The second-order valence-electron chi connectivity index (χ2n) is 28.0. The summed E-state index contributed by atoms with van der Waals surface area (Å²) < 4.78 is 36.9. The van der Waals surface area contributed by atoms with E-state index in [0.29, 0.717) is 43.2 Å². The number of guanidine groups is 1. The number of amides is 19. The van der Waals surface area contributed by atoms with Gasteiger partial charge in [0.1, 0.15) is 96.4 Å². The van der Waals surface area contributed by atoms with E-state index in [0.717, 1.165) is 45.8 Å². The molecular formula is C67H99N23O28S6. The summed E-state index contributed by atoms with van der Waals surface area (Å²) in [5.74, 6) is -31.4. The van der Waals surface area contributed by atoms with Gasteiger partial charge in [0.05, 0.1) is 45.3 Å². The Morgan fingerprint density at radius 2 is 0.903 bits per heavy atom. The third-order valence-corrected chi connectivity index (χ3v) is 24.4. The first-order chi connectivity index (χ1) is 58.4. The molecule has 4 saturated heterocycles. The maximum absolute atomic E-state index is 15.0. The average Bonchev–Trinajstić information content (AvgIpc) is 1.66. The van der Waals surface area contributed by atoms with E-state index in [1.165, 1.54) is 0 Å². The zero-order valence-electron chi connectivity index (χ0n) is 66.1. The van der Waals surface area contributed by atoms with Crippen molar-refractivity contribution in [3.05, 3.63) is 29.8 Å². The third-order valence-electron chi connectivity index (χ3n) is 18.5. The van der Waals surface area contributed by atoms with Crippen molar-refractivity contribution >= 4 is 195 Å². The van der Waals surface area contributed by atoms with Crippen LogP contribution in [-0.2, 0) is 118 Å². The first-order valence-corrected chi connectivity index (χ1v) is 45.4. The Morgan fingerprint density at radius 1 is 0.508 bits per heavy atom. The van der Waals surface area contributed by atoms with Gasteiger partial charge in [0, 0.05) is 49.1 Å². The van der Waals surface area contributed by atoms with Crippen LogP contribution in [0.3, 0.4) is 0 Å². The van der Waals surface area contributed by atoms with E-state index in [-0.39, 0.29) is 75.9 Å². The Balaban J connectivity index is 1.75. The van der Waals surface area contributed by atoms with Crippen LogP contribution in [0.2, 0.25) is 0 Å². The summed E-state index contributed by atoms with van der Waals surface area (Å²) in [6, 6.07) is -24.8. The molecule has 0 spiro atoms. The normalized spacial score (nSPS) is 26.2. The van der Waals surface area contributed by atoms with Gasteiger partial charge in [-0.1, -0.05) is 55.3 Å². The van der Waals surface area contributed by atoms with Gasteiger partial charge in [-0.3, -0.25) is 111 Å². The molecule has 0 radical (unpaired) electrons. The minimum absolute atomic E-state index is 0.00522. The average molecular weight is 1870 g/mol. The summed E-state index contributed by atoms with van der Waals surface area (Å²) in [5.41, 5.74) is 33.7. The lowest BCUT2D eigenvalue weighted by Gasteiger charge is -2.31. The highest BCUT2D eigenvalue weighted by atomic mass is 33.1. The molecule has 1 aromatic rings. The van der Waals surface area contributed by atoms with Crippen LogP contribution in [0.1, 0.15) is 82.6 Å². The number of nitrogens with two attached hydrogens (primary N) is 6. The van der Waals surface area contributed by atoms with E-state index in [2.05, 4.69) is 78.6 Å². The smallest absolute Gasteiger partial charge is 0.446 e. The molecule has 31 N–H and O–H groups in total. The molecule has 4 aliphatic rings. The highest BCUT2D eigenvalue weighted by Crippen LogP contribution is 2.28. The molecule has 19 amide bonds. The zero-order chi connectivity index (χ0) is 92.4. The second-order valence-corrected chi connectivity index (χ2v) is 35.1. The molecule has 124 heavy (non-hydrogen) atoms. The number of hydrogen-bond acceptors (Lipinski definition) is 32. The fourth-order valence-electron chi connectivity index (χ4n) is 12.5. The van der Waals surface area contributed by atoms with Crippen molar-refractivity contribution in [3.8, 4) is 5.75 Å². The van der Waals surface area contributed by atoms with Crippen molar-refractivity contribution in [3.63, 3.8) is 0 Å². The number of nitrogens with one attached hydrogen (secondary N) is 15. The lowest BCUT2D eigenvalue weighted by atomic mass is 10.0. The number of rotatable bonds is 25. The topological polar surface area (TPSA) is 838 Å². The Hall–Kier alpha value is -11.3. The standard InChI is InChI=1S/C67H99N23O28S6/c1-119-16-12-32-54(102)80-35(19-47(70)93)57(105)83-37(20-48(71)94)65(113)89-14-4-7-45(89)64(112)82-36(21-50(96)97)58(106)79-33(17-29-8-10-30(11-9-29)118-124(115,116)117)55(103)86-40(52(72)100)25-120-122-28-43-62(110)85-39(24-91)59(107)84-38(22-51(98)99)66(114)90-15-3-6-44(90)63(111)78-31(5-2-13-75-67(73)74)53(101)87-42(61(109)81-34(18-46(69)92)56(104)77-32)27-123-121-26-41(60(108)88-43)76-49(95)23-68/h8-11,31-45,91H,2-7,12-28,68H2,1H3,(H2,69,92)(H2,70,93)(H2,71,94)(H2,72,100)(H,76,95)(H,77,104)(H,78,111)(H,79,106)(H,80,102)(H,81,109)(H,82,112)(H,83,105)(H,84,107)(H,85,110)(H,86,103)(H,87,101)(H,88,108)(H,96,97)(H,98,99)(H4,73,74,75)(H,115,116,117)/t31-,32-,33-,34-,35-,36-,37-,38-,39-,40-,41-,42-,43-,44-,45-/m0/s1. The van der Waals surface area contributed by atoms with Crippen LogP contribution in [0.5, 0.6) is 5.75 Å². The van der Waals surface area contributed by atoms with Gasteiger partial charge in [-0.25, -0.2) is 0 Å². The molecule has 57 heteroatoms. The highest BCUT2D eigenvalue weighted by Gasteiger charge is 2.45. The predicted molar refractivity (Wildman–Crippen MR) is 440 cm³/mol. The number of carboxylic acids is 2. The van der Waals surface area contributed by atoms with Gasteiger partial charge < -0.3 is 138 Å². The van der Waals surface area contributed by atoms with Gasteiger partial charge in [0.15, 0.2) is 5.96 Å². The van der Waals surface area contributed by atoms with Crippen molar-refractivity contribution in [2.75, 3.05) is 67.8 Å². The van der Waals surface area contributed by atoms with Gasteiger partial charge >= 0.3 is 22.3 Å². The Kier molecular flexibility index (Phi) is 42.1. The van der Waals surface area contributed by atoms with Crippen LogP contribution >= 0.6 is 54.9 Å². The molecule has 2 bridgehead atoms. The monoisotopic (exact) mass is 1870 g/mol. The van der Waals surface area contributed by atoms with Gasteiger partial charge in [-0.15, -0.1) is 0 Å². The summed E-state index contributed by atoms with van der Waals surface area (Å²) in [5, 5.41) is 71.0. The Bertz CT molecular complexity index is 4280. The number of fused-ring (bicyclic) bond motifs is 10. The van der Waals surface area contributed by atoms with Crippen LogP contribution in [0.25, 0.3) is 0 Å². The van der Waals surface area contributed by atoms with E-state index in [4.69, 9.17) is 39.8 Å². The van der Waals surface area contributed by atoms with Crippen molar-refractivity contribution < 1.29 is 133 Å². The fraction of sp³-hybridized carbons (Fsp3) is 0.582. The molecule has 0 saturated carbocycles. The van der Waals surface area contributed by atoms with E-state index < -0.39 is 312 Å². The van der Waals surface area contributed by atoms with Crippen LogP contribution in [0.4, 0.5) is 0 Å². The second kappa shape index (κ2) is 50.5. The maximum Gasteiger partial charge on any atom is 0.446 e. The van der Waals surface area contributed by atoms with Crippen molar-refractivity contribution in [1.29, 1.82) is 5.41 Å². The molecular weight excluding hydrogens is 1770 g/mol. The SMILES string of the molecule is CSCC[C@@H]1NC(=O)[C@H](CC(N)=O)NC(=O)[C@@H]2CSSC[C@H](NC(=O)CN)C(=O)N[C@@H](CSSC[C@@H](C(N)=O)NC(=O)[C@H](Cc3ccc(OS(=O)(=O)O)cc3)NC(=O)[C@H](CC(=O)O)NC(=O)[C@@H]3CCCN3C(=O)[C@H](CC(N)=O)NC(=O)[C@H](CC(N)=O)NC1=O)C(=O)N[C@@H](CO)C(=O)N[C@@H](CC(=O)O)C(=O)N1CCC[C@H]1C(=O)N[C@@H](CCCNC(=N)N)C(=O)N2. The van der Waals surface area contributed by atoms with Crippen LogP contribution < -0.4 is 113 Å². The summed E-state index contributed by atoms with van der Waals surface area (Å²) in [6.07, 6.45) is -6.09. The molecule has 1 aromatic carbocycles. The van der Waals surface area contributed by atoms with Crippen molar-refractivity contribution in [2.24, 2.45) is 34.4 Å². The number of carbonyl (C=O) groups is 21. The number of aliphatic carboxylic acids is 2. The maximum atomic E-state index is 15.0. The van der Waals surface area contributed by atoms with Crippen LogP contribution in [0, 0.1) is 5.41 Å². The molecule has 5 rings (SSSR count). The lowest BCUT2D eigenvalue weighted by molar-refractivity contribution is -0.146. The quantitative estimate of drug-likeness (QED) is 0.0142. The number of thioether (sulfide) groups is 1.